The minimum absolute atomic E-state index is 0.0455. The Balaban J connectivity index is 2.02. The van der Waals surface area contributed by atoms with Gasteiger partial charge in [0, 0.05) is 25.4 Å². The van der Waals surface area contributed by atoms with Crippen LogP contribution in [0.4, 0.5) is 0 Å². The van der Waals surface area contributed by atoms with Crippen LogP contribution in [0.5, 0.6) is 0 Å². The van der Waals surface area contributed by atoms with Crippen LogP contribution in [0.15, 0.2) is 22.9 Å². The van der Waals surface area contributed by atoms with Crippen LogP contribution in [0, 0.1) is 12.3 Å². The van der Waals surface area contributed by atoms with Gasteiger partial charge in [0.1, 0.15) is 5.76 Å². The second kappa shape index (κ2) is 9.74. The molecule has 3 N–H and O–H groups in total. The number of nitrogens with one attached hydrogen (secondary N) is 3. The zero-order valence-electron chi connectivity index (χ0n) is 12.7. The van der Waals surface area contributed by atoms with Crippen molar-refractivity contribution in [3.63, 3.8) is 0 Å². The maximum atomic E-state index is 11.6. The first-order chi connectivity index (χ1) is 10.1. The minimum atomic E-state index is -0.0455. The minimum Gasteiger partial charge on any atom is -0.394 e. The highest BCUT2D eigenvalue weighted by Crippen LogP contribution is 2.03. The number of hydrogen-bond donors (Lipinski definition) is 3. The van der Waals surface area contributed by atoms with E-state index >= 15 is 0 Å². The number of hydrogen-bond acceptors (Lipinski definition) is 5. The van der Waals surface area contributed by atoms with Gasteiger partial charge >= 0.3 is 0 Å². The molecule has 0 saturated heterocycles. The number of nitrogens with zero attached hydrogens (tertiary/aromatic N) is 1. The van der Waals surface area contributed by atoms with Crippen molar-refractivity contribution < 1.29 is 9.32 Å². The van der Waals surface area contributed by atoms with Crippen molar-refractivity contribution in [1.82, 2.24) is 15.8 Å². The Bertz CT molecular complexity index is 480. The molecule has 1 amide bonds. The maximum absolute atomic E-state index is 11.6. The van der Waals surface area contributed by atoms with Crippen LogP contribution in [-0.4, -0.2) is 30.4 Å². The molecule has 0 aliphatic heterocycles. The topological polar surface area (TPSA) is 91.0 Å². The fraction of sp³-hybridized carbons (Fsp3) is 0.533. The van der Waals surface area contributed by atoms with Gasteiger partial charge in [0.2, 0.25) is 5.91 Å². The van der Waals surface area contributed by atoms with E-state index < -0.39 is 0 Å². The van der Waals surface area contributed by atoms with E-state index in [1.807, 2.05) is 14.0 Å². The van der Waals surface area contributed by atoms with Gasteiger partial charge < -0.3 is 20.6 Å². The van der Waals surface area contributed by atoms with Crippen molar-refractivity contribution in [2.24, 2.45) is 0 Å². The summed E-state index contributed by atoms with van der Waals surface area (Å²) >= 11 is 0. The zero-order chi connectivity index (χ0) is 15.5. The van der Waals surface area contributed by atoms with Crippen molar-refractivity contribution >= 4 is 11.6 Å². The van der Waals surface area contributed by atoms with Gasteiger partial charge in [-0.3, -0.25) is 4.79 Å². The van der Waals surface area contributed by atoms with E-state index in [1.54, 1.807) is 18.3 Å². The molecule has 1 rings (SSSR count). The summed E-state index contributed by atoms with van der Waals surface area (Å²) in [5.74, 6) is 0.547. The predicted molar refractivity (Wildman–Crippen MR) is 82.3 cm³/mol. The largest absolute Gasteiger partial charge is 0.394 e. The Morgan fingerprint density at radius 2 is 2.24 bits per heavy atom. The van der Waals surface area contributed by atoms with E-state index in [2.05, 4.69) is 15.8 Å². The van der Waals surface area contributed by atoms with E-state index in [0.29, 0.717) is 18.0 Å². The Morgan fingerprint density at radius 3 is 2.90 bits per heavy atom. The van der Waals surface area contributed by atoms with Gasteiger partial charge in [0.15, 0.2) is 0 Å². The number of rotatable bonds is 10. The van der Waals surface area contributed by atoms with E-state index in [4.69, 9.17) is 9.93 Å². The lowest BCUT2D eigenvalue weighted by Crippen LogP contribution is -2.25. The Hall–Kier alpha value is -2.11. The third kappa shape index (κ3) is 7.91. The summed E-state index contributed by atoms with van der Waals surface area (Å²) in [6.45, 7) is 2.49. The molecule has 0 atom stereocenters. The molecule has 0 fully saturated rings. The predicted octanol–water partition coefficient (Wildman–Crippen LogP) is 1.95. The maximum Gasteiger partial charge on any atom is 0.227 e. The van der Waals surface area contributed by atoms with Crippen LogP contribution in [0.25, 0.3) is 0 Å². The third-order valence-corrected chi connectivity index (χ3v) is 2.91. The highest BCUT2D eigenvalue weighted by molar-refractivity contribution is 5.92. The van der Waals surface area contributed by atoms with E-state index in [9.17, 15) is 4.79 Å². The summed E-state index contributed by atoms with van der Waals surface area (Å²) in [5, 5.41) is 17.1. The van der Waals surface area contributed by atoms with Crippen LogP contribution in [0.3, 0.4) is 0 Å². The van der Waals surface area contributed by atoms with Crippen molar-refractivity contribution in [3.8, 4) is 0 Å². The smallest absolute Gasteiger partial charge is 0.227 e. The van der Waals surface area contributed by atoms with E-state index in [0.717, 1.165) is 31.4 Å². The highest BCUT2D eigenvalue weighted by atomic mass is 16.5. The molecule has 1 aromatic rings. The van der Waals surface area contributed by atoms with Gasteiger partial charge in [-0.25, -0.2) is 0 Å². The molecule has 0 bridgehead atoms. The van der Waals surface area contributed by atoms with E-state index in [1.165, 1.54) is 0 Å². The highest BCUT2D eigenvalue weighted by Gasteiger charge is 2.07. The molecular weight excluding hydrogens is 268 g/mol. The molecule has 0 aromatic carbocycles. The van der Waals surface area contributed by atoms with Crippen LogP contribution in [0.2, 0.25) is 0 Å². The van der Waals surface area contributed by atoms with Gasteiger partial charge in [-0.15, -0.1) is 0 Å². The summed E-state index contributed by atoms with van der Waals surface area (Å²) in [5.41, 5.74) is 1.40. The molecule has 0 saturated carbocycles. The third-order valence-electron chi connectivity index (χ3n) is 2.91. The number of allylic oxidation sites excluding steroid dienone is 1. The van der Waals surface area contributed by atoms with Crippen molar-refractivity contribution in [2.45, 2.75) is 39.0 Å². The molecule has 116 valence electrons. The molecule has 1 aromatic heterocycles. The lowest BCUT2D eigenvalue weighted by molar-refractivity contribution is -0.120. The fourth-order valence-electron chi connectivity index (χ4n) is 1.83. The number of carbonyl (C=O) groups is 1. The molecule has 0 radical (unpaired) electrons. The monoisotopic (exact) mass is 292 g/mol. The van der Waals surface area contributed by atoms with Crippen molar-refractivity contribution in [1.29, 1.82) is 5.41 Å². The van der Waals surface area contributed by atoms with Crippen LogP contribution in [-0.2, 0) is 11.2 Å². The number of aromatic nitrogens is 1. The second-order valence-corrected chi connectivity index (χ2v) is 4.92. The Kier molecular flexibility index (Phi) is 7.86. The number of carbonyl (C=O) groups excluding carboxylic acids is 1. The summed E-state index contributed by atoms with van der Waals surface area (Å²) < 4.78 is 4.99. The van der Waals surface area contributed by atoms with Crippen molar-refractivity contribution in [3.05, 3.63) is 29.8 Å². The van der Waals surface area contributed by atoms with Gasteiger partial charge in [0.05, 0.1) is 12.1 Å². The zero-order valence-corrected chi connectivity index (χ0v) is 12.7. The normalized spacial score (nSPS) is 10.8. The van der Waals surface area contributed by atoms with Gasteiger partial charge in [0.25, 0.3) is 0 Å². The molecule has 21 heavy (non-hydrogen) atoms. The van der Waals surface area contributed by atoms with Crippen molar-refractivity contribution in [2.75, 3.05) is 13.6 Å². The first kappa shape index (κ1) is 16.9. The molecule has 0 unspecified atom stereocenters. The molecule has 1 heterocycles. The standard InChI is InChI=1S/C15H24N4O2/c1-12-10-14(21-19-12)11-15(20)18-8-5-3-4-6-13(16)7-9-17-2/h7,9-10,16-17H,3-6,8,11H2,1-2H3,(H,18,20)/b9-7-,16-13?. The molecule has 0 aliphatic carbocycles. The Morgan fingerprint density at radius 1 is 1.43 bits per heavy atom. The lowest BCUT2D eigenvalue weighted by atomic mass is 10.1. The lowest BCUT2D eigenvalue weighted by Gasteiger charge is -2.04. The molecular formula is C15H24N4O2. The molecule has 0 spiro atoms. The summed E-state index contributed by atoms with van der Waals surface area (Å²) in [6, 6.07) is 1.77. The Labute approximate surface area is 125 Å². The van der Waals surface area contributed by atoms with Crippen LogP contribution >= 0.6 is 0 Å². The fourth-order valence-corrected chi connectivity index (χ4v) is 1.83. The molecule has 6 heteroatoms. The second-order valence-electron chi connectivity index (χ2n) is 4.92. The number of amides is 1. The average Bonchev–Trinajstić information content (AvgIpc) is 2.85. The van der Waals surface area contributed by atoms with Crippen LogP contribution < -0.4 is 10.6 Å². The van der Waals surface area contributed by atoms with E-state index in [-0.39, 0.29) is 12.3 Å². The first-order valence-corrected chi connectivity index (χ1v) is 7.22. The van der Waals surface area contributed by atoms with Gasteiger partial charge in [-0.1, -0.05) is 11.6 Å². The quantitative estimate of drug-likeness (QED) is 0.454. The number of aryl methyl sites for hydroxylation is 1. The average molecular weight is 292 g/mol. The number of unbranched alkanes of at least 4 members (excludes halogenated alkanes) is 2. The van der Waals surface area contributed by atoms with Gasteiger partial charge in [-0.2, -0.15) is 0 Å². The SMILES string of the molecule is CN/C=C\C(=N)CCCCCNC(=O)Cc1cc(C)no1. The van der Waals surface area contributed by atoms with Gasteiger partial charge in [-0.05, 0) is 38.5 Å². The molecule has 6 nitrogen and oxygen atoms in total. The summed E-state index contributed by atoms with van der Waals surface area (Å²) in [7, 11) is 1.81. The summed E-state index contributed by atoms with van der Waals surface area (Å²) in [6.07, 6.45) is 7.41. The summed E-state index contributed by atoms with van der Waals surface area (Å²) in [4.78, 5) is 11.6. The molecule has 0 aliphatic rings. The first-order valence-electron chi connectivity index (χ1n) is 7.22. The van der Waals surface area contributed by atoms with Crippen LogP contribution in [0.1, 0.15) is 37.1 Å².